The molecule has 0 bridgehead atoms. The molecule has 4 heteroatoms. The summed E-state index contributed by atoms with van der Waals surface area (Å²) in [6.07, 6.45) is 2.72. The Morgan fingerprint density at radius 3 is 2.83 bits per heavy atom. The molecule has 0 saturated carbocycles. The van der Waals surface area contributed by atoms with E-state index < -0.39 is 0 Å². The molecular weight excluding hydrogens is 226 g/mol. The van der Waals surface area contributed by atoms with E-state index in [-0.39, 0.29) is 12.1 Å². The van der Waals surface area contributed by atoms with Crippen LogP contribution in [0.2, 0.25) is 0 Å². The number of anilines is 1. The summed E-state index contributed by atoms with van der Waals surface area (Å²) >= 11 is 0. The maximum Gasteiger partial charge on any atom is 0.0741 e. The molecule has 100 valence electrons. The van der Waals surface area contributed by atoms with Crippen molar-refractivity contribution in [1.29, 1.82) is 0 Å². The number of rotatable bonds is 3. The van der Waals surface area contributed by atoms with Crippen molar-refractivity contribution in [2.75, 3.05) is 25.0 Å². The molecule has 0 amide bonds. The molecule has 1 saturated heterocycles. The number of β-amino-alcohol motifs (C(OH)–C–C–N with tert-alkyl or cyclic N) is 1. The van der Waals surface area contributed by atoms with Crippen LogP contribution in [0.25, 0.3) is 0 Å². The monoisotopic (exact) mass is 249 g/mol. The van der Waals surface area contributed by atoms with Gasteiger partial charge >= 0.3 is 0 Å². The zero-order valence-corrected chi connectivity index (χ0v) is 11.4. The molecule has 1 aromatic heterocycles. The number of pyridine rings is 1. The molecule has 1 aliphatic rings. The lowest BCUT2D eigenvalue weighted by molar-refractivity contribution is 0.103. The number of hydrogen-bond acceptors (Lipinski definition) is 4. The molecule has 2 heterocycles. The second-order valence-corrected chi connectivity index (χ2v) is 5.23. The van der Waals surface area contributed by atoms with Crippen LogP contribution in [0.1, 0.15) is 32.0 Å². The van der Waals surface area contributed by atoms with Gasteiger partial charge < -0.3 is 15.3 Å². The Morgan fingerprint density at radius 1 is 1.50 bits per heavy atom. The lowest BCUT2D eigenvalue weighted by atomic mass is 9.96. The van der Waals surface area contributed by atoms with E-state index in [0.29, 0.717) is 12.5 Å². The van der Waals surface area contributed by atoms with E-state index in [1.165, 1.54) is 0 Å². The SMILES string of the molecule is CNC(C)c1ccc(N2CCC(C)C(O)C2)cn1. The Labute approximate surface area is 109 Å². The number of hydrogen-bond donors (Lipinski definition) is 2. The molecule has 1 aliphatic heterocycles. The molecule has 18 heavy (non-hydrogen) atoms. The molecule has 0 aliphatic carbocycles. The number of nitrogens with one attached hydrogen (secondary N) is 1. The summed E-state index contributed by atoms with van der Waals surface area (Å²) in [4.78, 5) is 6.70. The van der Waals surface area contributed by atoms with Crippen LogP contribution < -0.4 is 10.2 Å². The smallest absolute Gasteiger partial charge is 0.0741 e. The summed E-state index contributed by atoms with van der Waals surface area (Å²) in [5, 5.41) is 13.1. The third-order valence-electron chi connectivity index (χ3n) is 3.93. The average Bonchev–Trinajstić information content (AvgIpc) is 2.41. The van der Waals surface area contributed by atoms with Crippen LogP contribution in [-0.4, -0.2) is 36.3 Å². The first kappa shape index (κ1) is 13.3. The third-order valence-corrected chi connectivity index (χ3v) is 3.93. The Kier molecular flexibility index (Phi) is 4.19. The van der Waals surface area contributed by atoms with Gasteiger partial charge in [-0.3, -0.25) is 4.98 Å². The predicted molar refractivity (Wildman–Crippen MR) is 73.7 cm³/mol. The number of nitrogens with zero attached hydrogens (tertiary/aromatic N) is 2. The first-order valence-electron chi connectivity index (χ1n) is 6.68. The maximum atomic E-state index is 9.92. The maximum absolute atomic E-state index is 9.92. The molecule has 2 rings (SSSR count). The van der Waals surface area contributed by atoms with Crippen molar-refractivity contribution in [2.24, 2.45) is 5.92 Å². The highest BCUT2D eigenvalue weighted by atomic mass is 16.3. The molecule has 0 radical (unpaired) electrons. The highest BCUT2D eigenvalue weighted by molar-refractivity contribution is 5.45. The summed E-state index contributed by atoms with van der Waals surface area (Å²) in [6.45, 7) is 5.91. The number of aromatic nitrogens is 1. The van der Waals surface area contributed by atoms with Crippen LogP contribution in [-0.2, 0) is 0 Å². The molecule has 4 nitrogen and oxygen atoms in total. The van der Waals surface area contributed by atoms with Crippen LogP contribution >= 0.6 is 0 Å². The van der Waals surface area contributed by atoms with Crippen molar-refractivity contribution < 1.29 is 5.11 Å². The van der Waals surface area contributed by atoms with Gasteiger partial charge in [0.1, 0.15) is 0 Å². The van der Waals surface area contributed by atoms with Crippen LogP contribution in [0.5, 0.6) is 0 Å². The average molecular weight is 249 g/mol. The van der Waals surface area contributed by atoms with Gasteiger partial charge in [0.15, 0.2) is 0 Å². The molecule has 1 fully saturated rings. The quantitative estimate of drug-likeness (QED) is 0.853. The van der Waals surface area contributed by atoms with Gasteiger partial charge in [0.2, 0.25) is 0 Å². The molecule has 2 N–H and O–H groups in total. The van der Waals surface area contributed by atoms with Gasteiger partial charge in [0.05, 0.1) is 23.7 Å². The first-order chi connectivity index (χ1) is 8.61. The summed E-state index contributed by atoms with van der Waals surface area (Å²) in [7, 11) is 1.93. The second kappa shape index (κ2) is 5.67. The molecule has 3 atom stereocenters. The van der Waals surface area contributed by atoms with E-state index in [1.807, 2.05) is 13.2 Å². The number of piperidine rings is 1. The number of aliphatic hydroxyl groups is 1. The molecule has 1 aromatic rings. The minimum absolute atomic E-state index is 0.227. The van der Waals surface area contributed by atoms with Crippen molar-refractivity contribution in [3.63, 3.8) is 0 Å². The summed E-state index contributed by atoms with van der Waals surface area (Å²) < 4.78 is 0. The Bertz CT molecular complexity index is 379. The highest BCUT2D eigenvalue weighted by Gasteiger charge is 2.24. The van der Waals surface area contributed by atoms with Crippen LogP contribution in [0.4, 0.5) is 5.69 Å². The molecular formula is C14H23N3O. The van der Waals surface area contributed by atoms with Crippen molar-refractivity contribution >= 4 is 5.69 Å². The van der Waals surface area contributed by atoms with Crippen LogP contribution in [0, 0.1) is 5.92 Å². The van der Waals surface area contributed by atoms with E-state index in [4.69, 9.17) is 0 Å². The van der Waals surface area contributed by atoms with Gasteiger partial charge in [-0.1, -0.05) is 6.92 Å². The topological polar surface area (TPSA) is 48.4 Å². The number of aliphatic hydroxyl groups excluding tert-OH is 1. The third kappa shape index (κ3) is 2.82. The Balaban J connectivity index is 2.06. The summed E-state index contributed by atoms with van der Waals surface area (Å²) in [5.41, 5.74) is 2.15. The predicted octanol–water partition coefficient (Wildman–Crippen LogP) is 1.57. The fourth-order valence-corrected chi connectivity index (χ4v) is 2.27. The first-order valence-corrected chi connectivity index (χ1v) is 6.68. The van der Waals surface area contributed by atoms with Gasteiger partial charge in [0, 0.05) is 19.1 Å². The fraction of sp³-hybridized carbons (Fsp3) is 0.643. The fourth-order valence-electron chi connectivity index (χ4n) is 2.27. The molecule has 0 spiro atoms. The van der Waals surface area contributed by atoms with Gasteiger partial charge in [-0.25, -0.2) is 0 Å². The zero-order chi connectivity index (χ0) is 13.1. The normalized spacial score (nSPS) is 26.1. The minimum Gasteiger partial charge on any atom is -0.391 e. The largest absolute Gasteiger partial charge is 0.391 e. The summed E-state index contributed by atoms with van der Waals surface area (Å²) in [6, 6.07) is 4.42. The zero-order valence-electron chi connectivity index (χ0n) is 11.4. The Morgan fingerprint density at radius 2 is 2.28 bits per heavy atom. The standard InChI is InChI=1S/C14H23N3O/c1-10-6-7-17(9-14(10)18)12-4-5-13(16-8-12)11(2)15-3/h4-5,8,10-11,14-15,18H,6-7,9H2,1-3H3. The van der Waals surface area contributed by atoms with Gasteiger partial charge in [-0.15, -0.1) is 0 Å². The van der Waals surface area contributed by atoms with Gasteiger partial charge in [0.25, 0.3) is 0 Å². The van der Waals surface area contributed by atoms with Gasteiger partial charge in [-0.2, -0.15) is 0 Å². The molecule has 0 aromatic carbocycles. The Hall–Kier alpha value is -1.13. The van der Waals surface area contributed by atoms with Crippen molar-refractivity contribution in [3.05, 3.63) is 24.0 Å². The van der Waals surface area contributed by atoms with Crippen LogP contribution in [0.3, 0.4) is 0 Å². The van der Waals surface area contributed by atoms with E-state index in [0.717, 1.165) is 24.3 Å². The lowest BCUT2D eigenvalue weighted by Gasteiger charge is -2.35. The highest BCUT2D eigenvalue weighted by Crippen LogP contribution is 2.23. The summed E-state index contributed by atoms with van der Waals surface area (Å²) in [5.74, 6) is 0.401. The van der Waals surface area contributed by atoms with E-state index in [9.17, 15) is 5.11 Å². The lowest BCUT2D eigenvalue weighted by Crippen LogP contribution is -2.42. The minimum atomic E-state index is -0.227. The van der Waals surface area contributed by atoms with E-state index >= 15 is 0 Å². The van der Waals surface area contributed by atoms with Gasteiger partial charge in [-0.05, 0) is 38.4 Å². The second-order valence-electron chi connectivity index (χ2n) is 5.23. The van der Waals surface area contributed by atoms with Crippen molar-refractivity contribution in [1.82, 2.24) is 10.3 Å². The van der Waals surface area contributed by atoms with Crippen molar-refractivity contribution in [3.8, 4) is 0 Å². The van der Waals surface area contributed by atoms with Crippen LogP contribution in [0.15, 0.2) is 18.3 Å². The van der Waals surface area contributed by atoms with Crippen molar-refractivity contribution in [2.45, 2.75) is 32.4 Å². The van der Waals surface area contributed by atoms with E-state index in [2.05, 4.69) is 41.2 Å². The molecule has 3 unspecified atom stereocenters. The van der Waals surface area contributed by atoms with E-state index in [1.54, 1.807) is 0 Å².